The van der Waals surface area contributed by atoms with Crippen LogP contribution in [0, 0.1) is 5.92 Å². The van der Waals surface area contributed by atoms with Crippen molar-refractivity contribution in [3.05, 3.63) is 22.6 Å². The van der Waals surface area contributed by atoms with Crippen molar-refractivity contribution in [1.82, 2.24) is 14.6 Å². The Bertz CT molecular complexity index is 562. The van der Waals surface area contributed by atoms with Gasteiger partial charge < -0.3 is 5.32 Å². The number of anilines is 1. The van der Waals surface area contributed by atoms with E-state index in [9.17, 15) is 4.79 Å². The van der Waals surface area contributed by atoms with Crippen LogP contribution < -0.4 is 10.9 Å². The van der Waals surface area contributed by atoms with Gasteiger partial charge in [-0.1, -0.05) is 31.6 Å². The first-order valence-electron chi connectivity index (χ1n) is 5.73. The van der Waals surface area contributed by atoms with Crippen molar-refractivity contribution in [2.24, 2.45) is 5.92 Å². The van der Waals surface area contributed by atoms with Gasteiger partial charge in [0, 0.05) is 18.3 Å². The molecule has 6 heteroatoms. The first-order valence-corrected chi connectivity index (χ1v) is 6.55. The third kappa shape index (κ3) is 2.46. The Kier molecular flexibility index (Phi) is 3.42. The number of nitrogens with one attached hydrogen (secondary N) is 1. The molecule has 2 aromatic rings. The van der Waals surface area contributed by atoms with Gasteiger partial charge >= 0.3 is 0 Å². The number of fused-ring (bicyclic) bond motifs is 1. The molecule has 0 saturated carbocycles. The second-order valence-electron chi connectivity index (χ2n) is 4.20. The van der Waals surface area contributed by atoms with Crippen LogP contribution in [-0.2, 0) is 0 Å². The van der Waals surface area contributed by atoms with E-state index in [4.69, 9.17) is 0 Å². The molecule has 0 spiro atoms. The van der Waals surface area contributed by atoms with Crippen molar-refractivity contribution >= 4 is 21.4 Å². The van der Waals surface area contributed by atoms with Gasteiger partial charge in [0.05, 0.1) is 0 Å². The van der Waals surface area contributed by atoms with Crippen molar-refractivity contribution in [1.29, 1.82) is 0 Å². The maximum atomic E-state index is 11.5. The molecule has 92 valence electrons. The lowest BCUT2D eigenvalue weighted by molar-refractivity contribution is 0.494. The van der Waals surface area contributed by atoms with E-state index in [1.54, 1.807) is 0 Å². The molecule has 2 aromatic heterocycles. The molecule has 1 N–H and O–H groups in total. The fourth-order valence-corrected chi connectivity index (χ4v) is 2.36. The quantitative estimate of drug-likeness (QED) is 0.904. The highest BCUT2D eigenvalue weighted by Gasteiger charge is 2.13. The lowest BCUT2D eigenvalue weighted by Gasteiger charge is -2.18. The van der Waals surface area contributed by atoms with Crippen LogP contribution in [0.2, 0.25) is 0 Å². The molecule has 0 bridgehead atoms. The van der Waals surface area contributed by atoms with E-state index in [0.717, 1.165) is 11.6 Å². The van der Waals surface area contributed by atoms with Gasteiger partial charge in [0.2, 0.25) is 10.1 Å². The number of rotatable bonds is 4. The number of hydrogen-bond donors (Lipinski definition) is 1. The summed E-state index contributed by atoms with van der Waals surface area (Å²) < 4.78 is 1.33. The smallest absolute Gasteiger partial charge is 0.275 e. The monoisotopic (exact) mass is 252 g/mol. The zero-order valence-corrected chi connectivity index (χ0v) is 11.0. The Morgan fingerprint density at radius 3 is 2.94 bits per heavy atom. The molecule has 17 heavy (non-hydrogen) atoms. The number of hydrogen-bond acceptors (Lipinski definition) is 5. The highest BCUT2D eigenvalue weighted by Crippen LogP contribution is 2.19. The lowest BCUT2D eigenvalue weighted by Crippen LogP contribution is -2.23. The van der Waals surface area contributed by atoms with Crippen LogP contribution in [0.1, 0.15) is 27.2 Å². The number of nitrogens with zero attached hydrogens (tertiary/aromatic N) is 3. The van der Waals surface area contributed by atoms with Crippen LogP contribution in [0.5, 0.6) is 0 Å². The van der Waals surface area contributed by atoms with Crippen molar-refractivity contribution < 1.29 is 0 Å². The summed E-state index contributed by atoms with van der Waals surface area (Å²) in [7, 11) is 0. The molecular formula is C11H16N4OS. The molecular weight excluding hydrogens is 236 g/mol. The van der Waals surface area contributed by atoms with Gasteiger partial charge in [0.15, 0.2) is 0 Å². The second-order valence-corrected chi connectivity index (χ2v) is 5.16. The van der Waals surface area contributed by atoms with Crippen LogP contribution in [0.15, 0.2) is 17.1 Å². The van der Waals surface area contributed by atoms with E-state index in [0.29, 0.717) is 16.9 Å². The zero-order valence-electron chi connectivity index (χ0n) is 10.2. The summed E-state index contributed by atoms with van der Waals surface area (Å²) in [5.41, 5.74) is -0.143. The average molecular weight is 252 g/mol. The predicted octanol–water partition coefficient (Wildman–Crippen LogP) is 2.00. The molecule has 2 rings (SSSR count). The molecule has 2 unspecified atom stereocenters. The van der Waals surface area contributed by atoms with Gasteiger partial charge in [-0.3, -0.25) is 4.79 Å². The van der Waals surface area contributed by atoms with Crippen LogP contribution in [0.25, 0.3) is 4.96 Å². The van der Waals surface area contributed by atoms with Gasteiger partial charge in [-0.25, -0.2) is 4.98 Å². The molecule has 0 aromatic carbocycles. The summed E-state index contributed by atoms with van der Waals surface area (Å²) in [6.45, 7) is 6.47. The normalized spacial score (nSPS) is 14.8. The van der Waals surface area contributed by atoms with Gasteiger partial charge in [-0.15, -0.1) is 5.10 Å². The van der Waals surface area contributed by atoms with E-state index >= 15 is 0 Å². The third-order valence-electron chi connectivity index (χ3n) is 3.02. The Labute approximate surface area is 104 Å². The Morgan fingerprint density at radius 1 is 1.53 bits per heavy atom. The molecule has 2 atom stereocenters. The van der Waals surface area contributed by atoms with Crippen LogP contribution >= 0.6 is 11.3 Å². The predicted molar refractivity (Wildman–Crippen MR) is 69.7 cm³/mol. The minimum atomic E-state index is -0.143. The van der Waals surface area contributed by atoms with Crippen LogP contribution in [-0.4, -0.2) is 20.6 Å². The molecule has 0 aliphatic heterocycles. The van der Waals surface area contributed by atoms with Crippen molar-refractivity contribution in [3.8, 4) is 0 Å². The topological polar surface area (TPSA) is 59.3 Å². The summed E-state index contributed by atoms with van der Waals surface area (Å²) in [6.07, 6.45) is 2.62. The summed E-state index contributed by atoms with van der Waals surface area (Å²) in [5.74, 6) is 0.562. The van der Waals surface area contributed by atoms with Crippen LogP contribution in [0.3, 0.4) is 0 Å². The molecule has 0 saturated heterocycles. The van der Waals surface area contributed by atoms with E-state index in [2.05, 4.69) is 36.2 Å². The number of aromatic nitrogens is 3. The minimum Gasteiger partial charge on any atom is -0.357 e. The Morgan fingerprint density at radius 2 is 2.29 bits per heavy atom. The van der Waals surface area contributed by atoms with Gasteiger partial charge in [0.1, 0.15) is 0 Å². The maximum Gasteiger partial charge on any atom is 0.275 e. The molecule has 0 aliphatic carbocycles. The standard InChI is InChI=1S/C11H16N4OS/c1-4-7(2)8(3)13-10-14-15-9(16)5-6-12-11(15)17-10/h5-8H,4H2,1-3H3,(H,13,14). The third-order valence-corrected chi connectivity index (χ3v) is 3.87. The highest BCUT2D eigenvalue weighted by atomic mass is 32.1. The first-order chi connectivity index (χ1) is 8.11. The van der Waals surface area contributed by atoms with Crippen molar-refractivity contribution in [3.63, 3.8) is 0 Å². The van der Waals surface area contributed by atoms with Gasteiger partial charge in [-0.05, 0) is 12.8 Å². The highest BCUT2D eigenvalue weighted by molar-refractivity contribution is 7.20. The summed E-state index contributed by atoms with van der Waals surface area (Å²) in [4.78, 5) is 16.2. The molecule has 0 fully saturated rings. The van der Waals surface area contributed by atoms with E-state index < -0.39 is 0 Å². The van der Waals surface area contributed by atoms with E-state index in [1.165, 1.54) is 28.1 Å². The molecule has 0 radical (unpaired) electrons. The molecule has 5 nitrogen and oxygen atoms in total. The Hall–Kier alpha value is -1.43. The van der Waals surface area contributed by atoms with Crippen molar-refractivity contribution in [2.75, 3.05) is 5.32 Å². The van der Waals surface area contributed by atoms with E-state index in [-0.39, 0.29) is 5.56 Å². The summed E-state index contributed by atoms with van der Waals surface area (Å²) in [6, 6.07) is 1.74. The van der Waals surface area contributed by atoms with E-state index in [1.807, 2.05) is 0 Å². The second kappa shape index (κ2) is 4.83. The zero-order chi connectivity index (χ0) is 12.4. The molecule has 0 amide bonds. The summed E-state index contributed by atoms with van der Waals surface area (Å²) in [5, 5.41) is 8.28. The lowest BCUT2D eigenvalue weighted by atomic mass is 10.0. The largest absolute Gasteiger partial charge is 0.357 e. The summed E-state index contributed by atoms with van der Waals surface area (Å²) >= 11 is 1.40. The maximum absolute atomic E-state index is 11.5. The fraction of sp³-hybridized carbons (Fsp3) is 0.545. The van der Waals surface area contributed by atoms with Crippen molar-refractivity contribution in [2.45, 2.75) is 33.2 Å². The van der Waals surface area contributed by atoms with Gasteiger partial charge in [0.25, 0.3) is 5.56 Å². The first kappa shape index (κ1) is 12.0. The molecule has 2 heterocycles. The minimum absolute atomic E-state index is 0.143. The van der Waals surface area contributed by atoms with Gasteiger partial charge in [-0.2, -0.15) is 4.52 Å². The van der Waals surface area contributed by atoms with Crippen LogP contribution in [0.4, 0.5) is 5.13 Å². The average Bonchev–Trinajstić information content (AvgIpc) is 2.72. The Balaban J connectivity index is 2.26. The fourth-order valence-electron chi connectivity index (χ4n) is 1.49. The molecule has 0 aliphatic rings. The SMILES string of the molecule is CCC(C)C(C)Nc1nn2c(=O)ccnc2s1.